The molecule has 130 valence electrons. The van der Waals surface area contributed by atoms with E-state index < -0.39 is 0 Å². The Hall–Kier alpha value is -1.56. The van der Waals surface area contributed by atoms with Crippen LogP contribution in [0, 0.1) is 11.3 Å². The van der Waals surface area contributed by atoms with E-state index in [0.717, 1.165) is 5.92 Å². The van der Waals surface area contributed by atoms with Crippen molar-refractivity contribution >= 4 is 0 Å². The van der Waals surface area contributed by atoms with Gasteiger partial charge in [-0.1, -0.05) is 77.9 Å². The lowest BCUT2D eigenvalue weighted by atomic mass is 9.44. The molecule has 0 aromatic heterocycles. The highest BCUT2D eigenvalue weighted by molar-refractivity contribution is 5.64. The molecule has 2 aromatic carbocycles. The molecule has 0 amide bonds. The molecule has 0 saturated carbocycles. The van der Waals surface area contributed by atoms with Crippen molar-refractivity contribution in [1.82, 2.24) is 0 Å². The number of aryl methyl sites for hydroxylation is 1. The van der Waals surface area contributed by atoms with Crippen LogP contribution in [0.3, 0.4) is 0 Å². The van der Waals surface area contributed by atoms with Crippen LogP contribution in [-0.4, -0.2) is 0 Å². The summed E-state index contributed by atoms with van der Waals surface area (Å²) in [6, 6.07) is 14.2. The zero-order valence-corrected chi connectivity index (χ0v) is 16.5. The Morgan fingerprint density at radius 1 is 0.760 bits per heavy atom. The summed E-state index contributed by atoms with van der Waals surface area (Å²) in [4.78, 5) is 0. The molecular formula is C25H30. The fourth-order valence-electron chi connectivity index (χ4n) is 6.49. The Balaban J connectivity index is 1.96. The quantitative estimate of drug-likeness (QED) is 0.529. The normalized spacial score (nSPS) is 29.0. The second-order valence-electron chi connectivity index (χ2n) is 10.2. The van der Waals surface area contributed by atoms with Gasteiger partial charge in [-0.25, -0.2) is 0 Å². The Labute approximate surface area is 152 Å². The molecule has 25 heavy (non-hydrogen) atoms. The molecule has 3 aliphatic rings. The fourth-order valence-corrected chi connectivity index (χ4v) is 6.49. The van der Waals surface area contributed by atoms with Crippen LogP contribution in [0.2, 0.25) is 0 Å². The molecule has 0 spiro atoms. The predicted octanol–water partition coefficient (Wildman–Crippen LogP) is 6.34. The summed E-state index contributed by atoms with van der Waals surface area (Å²) in [5, 5.41) is 0. The van der Waals surface area contributed by atoms with Crippen LogP contribution in [0.5, 0.6) is 0 Å². The van der Waals surface area contributed by atoms with Crippen molar-refractivity contribution in [3.05, 3.63) is 69.8 Å². The molecule has 0 heterocycles. The minimum absolute atomic E-state index is 0.104. The van der Waals surface area contributed by atoms with E-state index in [1.807, 2.05) is 0 Å². The molecule has 2 atom stereocenters. The Kier molecular flexibility index (Phi) is 2.76. The van der Waals surface area contributed by atoms with E-state index in [4.69, 9.17) is 0 Å². The summed E-state index contributed by atoms with van der Waals surface area (Å²) in [7, 11) is 0. The van der Waals surface area contributed by atoms with Gasteiger partial charge in [0.2, 0.25) is 0 Å². The Morgan fingerprint density at radius 2 is 1.36 bits per heavy atom. The number of hydrogen-bond donors (Lipinski definition) is 0. The molecule has 0 fully saturated rings. The fraction of sp³-hybridized carbons (Fsp3) is 0.520. The van der Waals surface area contributed by atoms with Crippen LogP contribution < -0.4 is 0 Å². The first-order valence-electron chi connectivity index (χ1n) is 9.95. The molecule has 0 heteroatoms. The van der Waals surface area contributed by atoms with Gasteiger partial charge in [0, 0.05) is 11.3 Å². The molecule has 0 saturated heterocycles. The number of benzene rings is 2. The lowest BCUT2D eigenvalue weighted by Gasteiger charge is -2.60. The third-order valence-corrected chi connectivity index (χ3v) is 8.61. The van der Waals surface area contributed by atoms with E-state index in [2.05, 4.69) is 77.9 Å². The molecule has 2 aromatic rings. The average Bonchev–Trinajstić information content (AvgIpc) is 2.57. The maximum absolute atomic E-state index is 2.53. The first kappa shape index (κ1) is 15.7. The third-order valence-electron chi connectivity index (χ3n) is 8.61. The highest BCUT2D eigenvalue weighted by Gasteiger charge is 2.57. The van der Waals surface area contributed by atoms with Gasteiger partial charge in [0.1, 0.15) is 0 Å². The summed E-state index contributed by atoms with van der Waals surface area (Å²) in [6.07, 6.45) is 2.57. The zero-order chi connectivity index (χ0) is 17.8. The van der Waals surface area contributed by atoms with Crippen molar-refractivity contribution in [3.63, 3.8) is 0 Å². The molecule has 0 radical (unpaired) electrons. The second kappa shape index (κ2) is 4.40. The standard InChI is InChI=1S/C25H30/c1-23(2)16-10-7-9-15-13-14-19-22(20(15)16)21-17(23)11-8-12-18(21)24(3,4)25(19,5)6/h7-12,19,22H,13-14H2,1-6H3. The van der Waals surface area contributed by atoms with Crippen molar-refractivity contribution in [3.8, 4) is 0 Å². The van der Waals surface area contributed by atoms with Crippen LogP contribution in [0.4, 0.5) is 0 Å². The summed E-state index contributed by atoms with van der Waals surface area (Å²) in [5.74, 6) is 1.34. The molecule has 0 bridgehead atoms. The summed E-state index contributed by atoms with van der Waals surface area (Å²) in [5.41, 5.74) is 10.4. The largest absolute Gasteiger partial charge is 0.0617 e. The maximum Gasteiger partial charge on any atom is 0.0152 e. The van der Waals surface area contributed by atoms with E-state index in [0.29, 0.717) is 11.3 Å². The summed E-state index contributed by atoms with van der Waals surface area (Å²) < 4.78 is 0. The summed E-state index contributed by atoms with van der Waals surface area (Å²) >= 11 is 0. The monoisotopic (exact) mass is 330 g/mol. The molecule has 0 N–H and O–H groups in total. The van der Waals surface area contributed by atoms with Gasteiger partial charge in [-0.15, -0.1) is 0 Å². The van der Waals surface area contributed by atoms with Crippen LogP contribution in [0.1, 0.15) is 87.3 Å². The van der Waals surface area contributed by atoms with E-state index in [9.17, 15) is 0 Å². The van der Waals surface area contributed by atoms with Gasteiger partial charge in [-0.3, -0.25) is 0 Å². The van der Waals surface area contributed by atoms with Crippen LogP contribution in [-0.2, 0) is 17.3 Å². The molecule has 0 aliphatic heterocycles. The molecule has 0 nitrogen and oxygen atoms in total. The van der Waals surface area contributed by atoms with E-state index in [1.165, 1.54) is 12.8 Å². The molecular weight excluding hydrogens is 300 g/mol. The lowest BCUT2D eigenvalue weighted by Crippen LogP contribution is -2.53. The Bertz CT molecular complexity index is 894. The van der Waals surface area contributed by atoms with E-state index >= 15 is 0 Å². The molecule has 5 rings (SSSR count). The minimum atomic E-state index is 0.104. The summed E-state index contributed by atoms with van der Waals surface area (Å²) in [6.45, 7) is 14.9. The first-order valence-corrected chi connectivity index (χ1v) is 9.95. The van der Waals surface area contributed by atoms with Crippen molar-refractivity contribution in [2.75, 3.05) is 0 Å². The maximum atomic E-state index is 2.53. The average molecular weight is 331 g/mol. The van der Waals surface area contributed by atoms with Crippen LogP contribution >= 0.6 is 0 Å². The predicted molar refractivity (Wildman–Crippen MR) is 105 cm³/mol. The zero-order valence-electron chi connectivity index (χ0n) is 16.5. The van der Waals surface area contributed by atoms with Crippen molar-refractivity contribution in [2.24, 2.45) is 11.3 Å². The van der Waals surface area contributed by atoms with Crippen LogP contribution in [0.15, 0.2) is 36.4 Å². The van der Waals surface area contributed by atoms with Gasteiger partial charge in [-0.2, -0.15) is 0 Å². The van der Waals surface area contributed by atoms with Crippen molar-refractivity contribution in [1.29, 1.82) is 0 Å². The Morgan fingerprint density at radius 3 is 2.08 bits per heavy atom. The molecule has 2 unspecified atom stereocenters. The van der Waals surface area contributed by atoms with Gasteiger partial charge in [0.05, 0.1) is 0 Å². The van der Waals surface area contributed by atoms with E-state index in [1.54, 1.807) is 33.4 Å². The highest BCUT2D eigenvalue weighted by atomic mass is 14.6. The van der Waals surface area contributed by atoms with Crippen molar-refractivity contribution < 1.29 is 0 Å². The van der Waals surface area contributed by atoms with Gasteiger partial charge in [-0.05, 0) is 63.0 Å². The van der Waals surface area contributed by atoms with Gasteiger partial charge < -0.3 is 0 Å². The number of hydrogen-bond acceptors (Lipinski definition) is 0. The second-order valence-corrected chi connectivity index (χ2v) is 10.2. The number of rotatable bonds is 0. The van der Waals surface area contributed by atoms with E-state index in [-0.39, 0.29) is 10.8 Å². The third kappa shape index (κ3) is 1.60. The van der Waals surface area contributed by atoms with Gasteiger partial charge >= 0.3 is 0 Å². The minimum Gasteiger partial charge on any atom is -0.0617 e. The van der Waals surface area contributed by atoms with Gasteiger partial charge in [0.25, 0.3) is 0 Å². The first-order chi connectivity index (χ1) is 11.7. The van der Waals surface area contributed by atoms with Gasteiger partial charge in [0.15, 0.2) is 0 Å². The SMILES string of the molecule is CC1(C)c2cccc3c2C2c4c1cccc4C(C)(C)C(C)(C)C2CC3. The topological polar surface area (TPSA) is 0 Å². The van der Waals surface area contributed by atoms with Crippen molar-refractivity contribution in [2.45, 2.75) is 71.1 Å². The van der Waals surface area contributed by atoms with Crippen LogP contribution in [0.25, 0.3) is 0 Å². The lowest BCUT2D eigenvalue weighted by molar-refractivity contribution is 0.0587. The highest BCUT2D eigenvalue weighted by Crippen LogP contribution is 2.65. The smallest absolute Gasteiger partial charge is 0.0152 e. The molecule has 3 aliphatic carbocycles.